The lowest BCUT2D eigenvalue weighted by Gasteiger charge is -2.35. The van der Waals surface area contributed by atoms with E-state index >= 15 is 0 Å². The molecule has 2 aliphatic carbocycles. The zero-order chi connectivity index (χ0) is 47.4. The van der Waals surface area contributed by atoms with Gasteiger partial charge in [0.25, 0.3) is 0 Å². The van der Waals surface area contributed by atoms with Gasteiger partial charge < -0.3 is 52.0 Å². The van der Waals surface area contributed by atoms with Crippen LogP contribution < -0.4 is 37.6 Å². The summed E-state index contributed by atoms with van der Waals surface area (Å²) >= 11 is 3.35. The minimum absolute atomic E-state index is 0.00511. The topological polar surface area (TPSA) is 205 Å². The number of carbonyl (C=O) groups excluding carboxylic acids is 5. The first-order valence-electron chi connectivity index (χ1n) is 22.9. The monoisotopic (exact) mass is 942 g/mol. The third-order valence-corrected chi connectivity index (χ3v) is 15.2. The summed E-state index contributed by atoms with van der Waals surface area (Å²) in [7, 11) is 3.39. The second-order valence-electron chi connectivity index (χ2n) is 17.9. The third-order valence-electron chi connectivity index (χ3n) is 13.0. The highest BCUT2D eigenvalue weighted by atomic mass is 32.2. The third kappa shape index (κ3) is 12.7. The van der Waals surface area contributed by atoms with E-state index in [1.807, 2.05) is 50.2 Å². The van der Waals surface area contributed by atoms with E-state index < -0.39 is 47.6 Å². The molecule has 356 valence electrons. The molecule has 66 heavy (non-hydrogen) atoms. The van der Waals surface area contributed by atoms with E-state index in [1.165, 1.54) is 11.1 Å². The van der Waals surface area contributed by atoms with Crippen LogP contribution in [0.5, 0.6) is 0 Å². The van der Waals surface area contributed by atoms with Gasteiger partial charge in [-0.15, -0.1) is 11.8 Å². The Labute approximate surface area is 398 Å². The van der Waals surface area contributed by atoms with Crippen LogP contribution in [0.1, 0.15) is 81.3 Å². The van der Waals surface area contributed by atoms with Crippen LogP contribution in [0, 0.1) is 29.1 Å². The molecule has 0 aromatic heterocycles. The van der Waals surface area contributed by atoms with E-state index in [4.69, 9.17) is 15.2 Å². The summed E-state index contributed by atoms with van der Waals surface area (Å²) in [6.07, 6.45) is 2.48. The largest absolute Gasteiger partial charge is 0.368 e. The summed E-state index contributed by atoms with van der Waals surface area (Å²) in [5.41, 5.74) is 9.54. The van der Waals surface area contributed by atoms with Gasteiger partial charge in [-0.05, 0) is 98.2 Å². The average Bonchev–Trinajstić information content (AvgIpc) is 3.90. The fourth-order valence-electron chi connectivity index (χ4n) is 9.11. The Morgan fingerprint density at radius 3 is 2.08 bits per heavy atom. The van der Waals surface area contributed by atoms with Gasteiger partial charge in [-0.1, -0.05) is 74.2 Å². The second kappa shape index (κ2) is 23.9. The van der Waals surface area contributed by atoms with Crippen LogP contribution in [0.25, 0.3) is 0 Å². The van der Waals surface area contributed by atoms with Crippen molar-refractivity contribution in [2.24, 2.45) is 11.1 Å². The molecule has 15 nitrogen and oxygen atoms in total. The van der Waals surface area contributed by atoms with E-state index in [1.54, 1.807) is 56.4 Å². The van der Waals surface area contributed by atoms with Crippen LogP contribution in [0.15, 0.2) is 48.5 Å². The first-order chi connectivity index (χ1) is 31.7. The summed E-state index contributed by atoms with van der Waals surface area (Å²) in [6.45, 7) is 8.57. The summed E-state index contributed by atoms with van der Waals surface area (Å²) in [4.78, 5) is 67.3. The predicted octanol–water partition coefficient (Wildman–Crippen LogP) is 1.95. The number of ether oxygens (including phenoxy) is 2. The van der Waals surface area contributed by atoms with Crippen molar-refractivity contribution in [3.05, 3.63) is 70.8 Å². The van der Waals surface area contributed by atoms with Crippen LogP contribution in [-0.4, -0.2) is 133 Å². The van der Waals surface area contributed by atoms with Gasteiger partial charge >= 0.3 is 0 Å². The van der Waals surface area contributed by atoms with Gasteiger partial charge in [0.15, 0.2) is 0 Å². The lowest BCUT2D eigenvalue weighted by Crippen LogP contribution is -2.58. The molecule has 0 bridgehead atoms. The molecule has 0 radical (unpaired) electrons. The number of nitrogens with one attached hydrogen (secondary N) is 6. The van der Waals surface area contributed by atoms with Crippen LogP contribution in [0.4, 0.5) is 0 Å². The summed E-state index contributed by atoms with van der Waals surface area (Å²) in [6, 6.07) is 12.8. The fraction of sp³-hybridized carbons (Fsp3) is 0.571. The van der Waals surface area contributed by atoms with Gasteiger partial charge in [0.2, 0.25) is 29.5 Å². The average molecular weight is 943 g/mol. The smallest absolute Gasteiger partial charge is 0.246 e. The lowest BCUT2D eigenvalue weighted by atomic mass is 9.83. The molecular weight excluding hydrogens is 877 g/mol. The lowest BCUT2D eigenvalue weighted by molar-refractivity contribution is -0.144. The summed E-state index contributed by atoms with van der Waals surface area (Å²) < 4.78 is 12.6. The molecule has 2 heterocycles. The summed E-state index contributed by atoms with van der Waals surface area (Å²) in [5, 5.41) is 18.2. The molecule has 8 N–H and O–H groups in total. The highest BCUT2D eigenvalue weighted by molar-refractivity contribution is 7.99. The molecule has 6 rings (SSSR count). The van der Waals surface area contributed by atoms with Crippen molar-refractivity contribution in [3.63, 3.8) is 0 Å². The highest BCUT2D eigenvalue weighted by Crippen LogP contribution is 2.47. The van der Waals surface area contributed by atoms with Crippen molar-refractivity contribution in [3.8, 4) is 23.7 Å². The normalized spacial score (nSPS) is 25.0. The molecule has 2 fully saturated rings. The Bertz CT molecular complexity index is 2190. The Balaban J connectivity index is 0.996. The summed E-state index contributed by atoms with van der Waals surface area (Å²) in [5.74, 6) is 12.5. The maximum atomic E-state index is 14.4. The van der Waals surface area contributed by atoms with Crippen molar-refractivity contribution in [1.82, 2.24) is 36.8 Å². The minimum Gasteiger partial charge on any atom is -0.368 e. The van der Waals surface area contributed by atoms with E-state index in [-0.39, 0.29) is 60.5 Å². The molecule has 10 atom stereocenters. The van der Waals surface area contributed by atoms with Gasteiger partial charge in [0.05, 0.1) is 41.7 Å². The van der Waals surface area contributed by atoms with Gasteiger partial charge in [-0.3, -0.25) is 24.0 Å². The molecule has 17 heteroatoms. The van der Waals surface area contributed by atoms with Crippen LogP contribution in [0.3, 0.4) is 0 Å². The number of hydrogen-bond donors (Lipinski definition) is 7. The van der Waals surface area contributed by atoms with Crippen molar-refractivity contribution >= 4 is 53.1 Å². The number of nitrogens with zero attached hydrogens (tertiary/aromatic N) is 1. The standard InChI is InChI=1S/C49H66N8O7S2/c1-30(51-5)45(59)54-36(44(50)58)19-24-65-26-21-53-41-34-17-11-9-15-32(34)27-38(41)63-22-13-7-8-14-23-64-39-28-33-16-10-12-18-35(33)42(39)56-47(61)43-49(3,4)29-40-57(43)48(62)37(20-25-66-40)55-46(60)31(2)52-6/h9-12,15-18,30-31,36-43,51-53H,19-29H2,1-6H3,(H2,50,58)(H,54,59)(H,55,60)(H,56,61)/t30-,31-,36-,37-,38+,39+,40-,41-,42-,43+/m0/s1. The number of rotatable bonds is 20. The molecule has 4 aliphatic rings. The van der Waals surface area contributed by atoms with Crippen molar-refractivity contribution in [1.29, 1.82) is 0 Å². The Morgan fingerprint density at radius 2 is 1.45 bits per heavy atom. The van der Waals surface area contributed by atoms with E-state index in [9.17, 15) is 24.0 Å². The maximum absolute atomic E-state index is 14.4. The van der Waals surface area contributed by atoms with Crippen LogP contribution in [-0.2, 0) is 46.3 Å². The number of carbonyl (C=O) groups is 5. The number of thioether (sulfide) groups is 2. The minimum atomic E-state index is -0.731. The number of fused-ring (bicyclic) bond motifs is 3. The molecule has 5 amide bonds. The molecule has 2 aliphatic heterocycles. The van der Waals surface area contributed by atoms with Crippen molar-refractivity contribution in [2.45, 2.75) is 120 Å². The fourth-order valence-corrected chi connectivity index (χ4v) is 11.6. The van der Waals surface area contributed by atoms with E-state index in [0.29, 0.717) is 37.2 Å². The molecular formula is C49H66N8O7S2. The highest BCUT2D eigenvalue weighted by Gasteiger charge is 2.55. The molecule has 0 saturated carbocycles. The Hall–Kier alpha value is -4.59. The maximum Gasteiger partial charge on any atom is 0.246 e. The first-order valence-corrected chi connectivity index (χ1v) is 25.1. The van der Waals surface area contributed by atoms with Crippen LogP contribution >= 0.6 is 23.5 Å². The molecule has 0 unspecified atom stereocenters. The predicted molar refractivity (Wildman–Crippen MR) is 259 cm³/mol. The zero-order valence-electron chi connectivity index (χ0n) is 38.9. The molecule has 2 aromatic carbocycles. The number of amides is 5. The Kier molecular flexibility index (Phi) is 18.4. The molecule has 2 saturated heterocycles. The zero-order valence-corrected chi connectivity index (χ0v) is 40.5. The van der Waals surface area contributed by atoms with Crippen LogP contribution in [0.2, 0.25) is 0 Å². The van der Waals surface area contributed by atoms with Crippen molar-refractivity contribution < 1.29 is 33.4 Å². The SMILES string of the molecule is CN[C@@H](C)C(=O)N[C@@H](CCSCCN[C@H]1c2ccccc2C[C@H]1OCC#CC#CCO[C@@H]1Cc2ccccc2[C@@H]1NC(=O)[C@H]1N2C(=O)[C@@H](NC(=O)[C@H](C)NC)CCS[C@H]2CC1(C)C)C(N)=O. The van der Waals surface area contributed by atoms with Gasteiger partial charge in [-0.2, -0.15) is 11.8 Å². The number of primary amides is 1. The van der Waals surface area contributed by atoms with Gasteiger partial charge in [0.1, 0.15) is 31.3 Å². The number of benzene rings is 2. The number of likely N-dealkylation sites (N-methyl/N-ethyl adjacent to an activating group) is 2. The Morgan fingerprint density at radius 1 is 0.864 bits per heavy atom. The molecule has 2 aromatic rings. The van der Waals surface area contributed by atoms with Crippen molar-refractivity contribution in [2.75, 3.05) is 51.1 Å². The van der Waals surface area contributed by atoms with Gasteiger partial charge in [0, 0.05) is 25.1 Å². The van der Waals surface area contributed by atoms with E-state index in [0.717, 1.165) is 29.8 Å². The van der Waals surface area contributed by atoms with Gasteiger partial charge in [-0.25, -0.2) is 0 Å². The number of hydrogen-bond acceptors (Lipinski definition) is 12. The first kappa shape index (κ1) is 50.8. The number of nitrogens with two attached hydrogens (primary N) is 1. The van der Waals surface area contributed by atoms with E-state index in [2.05, 4.69) is 67.7 Å². The second-order valence-corrected chi connectivity index (χ2v) is 20.4. The quantitative estimate of drug-likeness (QED) is 0.0753. The molecule has 0 spiro atoms.